The summed E-state index contributed by atoms with van der Waals surface area (Å²) in [6.45, 7) is 3.06. The van der Waals surface area contributed by atoms with E-state index in [1.54, 1.807) is 13.0 Å². The Morgan fingerprint density at radius 1 is 1.36 bits per heavy atom. The molecule has 1 saturated heterocycles. The number of hydrogen-bond acceptors (Lipinski definition) is 5. The molecule has 0 aromatic carbocycles. The van der Waals surface area contributed by atoms with E-state index in [0.717, 1.165) is 17.4 Å². The topological polar surface area (TPSA) is 66.5 Å². The summed E-state index contributed by atoms with van der Waals surface area (Å²) in [5.74, 6) is -0.609. The number of fused-ring (bicyclic) bond motifs is 1. The second-order valence-electron chi connectivity index (χ2n) is 5.54. The van der Waals surface area contributed by atoms with Crippen LogP contribution in [0.25, 0.3) is 5.78 Å². The molecule has 2 aromatic rings. The Bertz CT molecular complexity index is 684. The molecular formula is C13H16F3N5O. The van der Waals surface area contributed by atoms with Gasteiger partial charge in [0, 0.05) is 31.5 Å². The summed E-state index contributed by atoms with van der Waals surface area (Å²) in [5, 5.41) is 12.9. The molecule has 0 amide bonds. The molecule has 22 heavy (non-hydrogen) atoms. The number of aliphatic hydroxyl groups is 1. The van der Waals surface area contributed by atoms with Gasteiger partial charge in [-0.3, -0.25) is 0 Å². The van der Waals surface area contributed by atoms with Crippen LogP contribution in [0.3, 0.4) is 0 Å². The summed E-state index contributed by atoms with van der Waals surface area (Å²) in [6, 6.07) is 1.70. The molecule has 0 radical (unpaired) electrons. The minimum absolute atomic E-state index is 0.0616. The summed E-state index contributed by atoms with van der Waals surface area (Å²) in [5.41, 5.74) is 0.578. The zero-order valence-corrected chi connectivity index (χ0v) is 12.0. The van der Waals surface area contributed by atoms with Crippen LogP contribution >= 0.6 is 0 Å². The van der Waals surface area contributed by atoms with Gasteiger partial charge >= 0.3 is 6.18 Å². The van der Waals surface area contributed by atoms with E-state index in [1.807, 2.05) is 4.90 Å². The van der Waals surface area contributed by atoms with Crippen LogP contribution < -0.4 is 4.90 Å². The van der Waals surface area contributed by atoms with E-state index in [9.17, 15) is 18.3 Å². The summed E-state index contributed by atoms with van der Waals surface area (Å²) < 4.78 is 39.5. The van der Waals surface area contributed by atoms with Crippen molar-refractivity contribution in [2.75, 3.05) is 24.6 Å². The van der Waals surface area contributed by atoms with Crippen LogP contribution in [-0.2, 0) is 6.18 Å². The van der Waals surface area contributed by atoms with E-state index < -0.39 is 12.0 Å². The number of aryl methyl sites for hydroxylation is 1. The van der Waals surface area contributed by atoms with Crippen molar-refractivity contribution in [3.63, 3.8) is 0 Å². The van der Waals surface area contributed by atoms with Gasteiger partial charge in [-0.2, -0.15) is 22.7 Å². The molecule has 2 aromatic heterocycles. The van der Waals surface area contributed by atoms with Gasteiger partial charge in [-0.15, -0.1) is 5.10 Å². The van der Waals surface area contributed by atoms with E-state index >= 15 is 0 Å². The number of halogens is 3. The van der Waals surface area contributed by atoms with Crippen molar-refractivity contribution in [1.29, 1.82) is 0 Å². The van der Waals surface area contributed by atoms with E-state index in [2.05, 4.69) is 15.1 Å². The highest BCUT2D eigenvalue weighted by Crippen LogP contribution is 2.29. The number of nitrogens with zero attached hydrogens (tertiary/aromatic N) is 5. The van der Waals surface area contributed by atoms with Crippen LogP contribution in [0.5, 0.6) is 0 Å². The summed E-state index contributed by atoms with van der Waals surface area (Å²) >= 11 is 0. The monoisotopic (exact) mass is 315 g/mol. The van der Waals surface area contributed by atoms with Gasteiger partial charge in [0.15, 0.2) is 0 Å². The third-order valence-corrected chi connectivity index (χ3v) is 3.78. The lowest BCUT2D eigenvalue weighted by Crippen LogP contribution is -2.38. The highest BCUT2D eigenvalue weighted by atomic mass is 19.4. The van der Waals surface area contributed by atoms with Crippen molar-refractivity contribution in [1.82, 2.24) is 19.6 Å². The molecule has 1 aliphatic rings. The number of aliphatic hydroxyl groups excluding tert-OH is 1. The maximum absolute atomic E-state index is 12.8. The fourth-order valence-corrected chi connectivity index (χ4v) is 2.74. The van der Waals surface area contributed by atoms with Crippen LogP contribution in [0.15, 0.2) is 6.07 Å². The third-order valence-electron chi connectivity index (χ3n) is 3.78. The maximum Gasteiger partial charge on any atom is 0.453 e. The average Bonchev–Trinajstić information content (AvgIpc) is 2.90. The number of alkyl halides is 3. The van der Waals surface area contributed by atoms with Gasteiger partial charge in [0.05, 0.1) is 0 Å². The average molecular weight is 315 g/mol. The number of hydrogen-bond donors (Lipinski definition) is 1. The van der Waals surface area contributed by atoms with Gasteiger partial charge in [-0.25, -0.2) is 4.98 Å². The van der Waals surface area contributed by atoms with Crippen molar-refractivity contribution in [2.24, 2.45) is 5.92 Å². The SMILES string of the molecule is Cc1cc(N2CCC[C@H](CO)C2)n2nc(C(F)(F)F)nc2n1. The van der Waals surface area contributed by atoms with Crippen molar-refractivity contribution >= 4 is 11.6 Å². The van der Waals surface area contributed by atoms with Gasteiger partial charge in [-0.1, -0.05) is 0 Å². The maximum atomic E-state index is 12.8. The van der Waals surface area contributed by atoms with E-state index in [-0.39, 0.29) is 18.3 Å². The molecule has 1 fully saturated rings. The van der Waals surface area contributed by atoms with Crippen molar-refractivity contribution in [3.8, 4) is 0 Å². The van der Waals surface area contributed by atoms with Gasteiger partial charge in [0.2, 0.25) is 0 Å². The molecule has 120 valence electrons. The lowest BCUT2D eigenvalue weighted by Gasteiger charge is -2.33. The van der Waals surface area contributed by atoms with Crippen molar-refractivity contribution in [3.05, 3.63) is 17.6 Å². The lowest BCUT2D eigenvalue weighted by molar-refractivity contribution is -0.144. The zero-order chi connectivity index (χ0) is 15.9. The van der Waals surface area contributed by atoms with E-state index in [0.29, 0.717) is 24.6 Å². The molecule has 1 aliphatic heterocycles. The Balaban J connectivity index is 2.06. The first-order chi connectivity index (χ1) is 10.4. The number of anilines is 1. The molecule has 6 nitrogen and oxygen atoms in total. The van der Waals surface area contributed by atoms with E-state index in [4.69, 9.17) is 0 Å². The second kappa shape index (κ2) is 5.38. The Hall–Kier alpha value is -1.90. The predicted octanol–water partition coefficient (Wildman–Crippen LogP) is 1.66. The lowest BCUT2D eigenvalue weighted by atomic mass is 9.99. The molecule has 3 rings (SSSR count). The van der Waals surface area contributed by atoms with Crippen LogP contribution in [0.2, 0.25) is 0 Å². The number of piperidine rings is 1. The molecule has 3 heterocycles. The van der Waals surface area contributed by atoms with Gasteiger partial charge in [0.1, 0.15) is 5.82 Å². The molecule has 0 unspecified atom stereocenters. The van der Waals surface area contributed by atoms with Crippen LogP contribution in [0.4, 0.5) is 19.0 Å². The Labute approximate surface area is 124 Å². The van der Waals surface area contributed by atoms with Crippen LogP contribution in [-0.4, -0.2) is 44.4 Å². The third kappa shape index (κ3) is 2.72. The second-order valence-corrected chi connectivity index (χ2v) is 5.54. The highest BCUT2D eigenvalue weighted by Gasteiger charge is 2.37. The molecule has 9 heteroatoms. The minimum Gasteiger partial charge on any atom is -0.396 e. The molecule has 0 bridgehead atoms. The zero-order valence-electron chi connectivity index (χ0n) is 12.0. The first-order valence-corrected chi connectivity index (χ1v) is 7.06. The summed E-state index contributed by atoms with van der Waals surface area (Å²) in [4.78, 5) is 9.43. The van der Waals surface area contributed by atoms with Crippen molar-refractivity contribution in [2.45, 2.75) is 25.9 Å². The first kappa shape index (κ1) is 15.0. The quantitative estimate of drug-likeness (QED) is 0.913. The molecule has 1 N–H and O–H groups in total. The number of rotatable bonds is 2. The van der Waals surface area contributed by atoms with E-state index in [1.165, 1.54) is 0 Å². The standard InChI is InChI=1S/C13H16F3N5O/c1-8-5-10(20-4-2-3-9(6-20)7-22)21-12(17-8)18-11(19-21)13(14,15)16/h5,9,22H,2-4,6-7H2,1H3/t9-/m0/s1. The number of aromatic nitrogens is 4. The molecule has 0 saturated carbocycles. The molecule has 0 spiro atoms. The van der Waals surface area contributed by atoms with Crippen LogP contribution in [0.1, 0.15) is 24.4 Å². The Morgan fingerprint density at radius 3 is 2.82 bits per heavy atom. The minimum atomic E-state index is -4.60. The summed E-state index contributed by atoms with van der Waals surface area (Å²) in [6.07, 6.45) is -2.82. The smallest absolute Gasteiger partial charge is 0.396 e. The molecule has 0 aliphatic carbocycles. The van der Waals surface area contributed by atoms with Crippen molar-refractivity contribution < 1.29 is 18.3 Å². The van der Waals surface area contributed by atoms with Gasteiger partial charge < -0.3 is 10.0 Å². The van der Waals surface area contributed by atoms with Gasteiger partial charge in [-0.05, 0) is 25.7 Å². The van der Waals surface area contributed by atoms with Crippen LogP contribution in [0, 0.1) is 12.8 Å². The Kier molecular flexibility index (Phi) is 3.67. The molecular weight excluding hydrogens is 299 g/mol. The fourth-order valence-electron chi connectivity index (χ4n) is 2.74. The Morgan fingerprint density at radius 2 is 2.14 bits per heavy atom. The molecule has 1 atom stereocenters. The normalized spacial score (nSPS) is 19.9. The predicted molar refractivity (Wildman–Crippen MR) is 72.5 cm³/mol. The first-order valence-electron chi connectivity index (χ1n) is 7.06. The highest BCUT2D eigenvalue weighted by molar-refractivity contribution is 5.48. The summed E-state index contributed by atoms with van der Waals surface area (Å²) in [7, 11) is 0. The van der Waals surface area contributed by atoms with Gasteiger partial charge in [0.25, 0.3) is 11.6 Å². The largest absolute Gasteiger partial charge is 0.453 e. The fraction of sp³-hybridized carbons (Fsp3) is 0.615.